The maximum atomic E-state index is 5.96. The molecule has 2 aromatic rings. The topological polar surface area (TPSA) is 40.2 Å². The van der Waals surface area contributed by atoms with Crippen LogP contribution < -0.4 is 5.73 Å². The van der Waals surface area contributed by atoms with E-state index in [4.69, 9.17) is 10.5 Å². The second kappa shape index (κ2) is 4.18. The number of aryl methyl sites for hydroxylation is 1. The standard InChI is InChI=1S/C13H18N2O/c1-9(2)16-8-11-7-10-5-4-6-12(14)13(10)15(11)3/h4-7,9H,8,14H2,1-3H3. The number of nitrogen functional groups attached to an aromatic ring is 1. The summed E-state index contributed by atoms with van der Waals surface area (Å²) >= 11 is 0. The Morgan fingerprint density at radius 1 is 1.38 bits per heavy atom. The van der Waals surface area contributed by atoms with Gasteiger partial charge in [0.1, 0.15) is 0 Å². The van der Waals surface area contributed by atoms with E-state index in [0.29, 0.717) is 6.61 Å². The van der Waals surface area contributed by atoms with E-state index >= 15 is 0 Å². The van der Waals surface area contributed by atoms with Gasteiger partial charge in [-0.2, -0.15) is 0 Å². The van der Waals surface area contributed by atoms with Crippen molar-refractivity contribution in [2.45, 2.75) is 26.6 Å². The predicted molar refractivity (Wildman–Crippen MR) is 67.3 cm³/mol. The van der Waals surface area contributed by atoms with E-state index in [-0.39, 0.29) is 6.10 Å². The van der Waals surface area contributed by atoms with Crippen molar-refractivity contribution in [1.29, 1.82) is 0 Å². The Kier molecular flexibility index (Phi) is 2.88. The Morgan fingerprint density at radius 2 is 2.12 bits per heavy atom. The normalized spacial score (nSPS) is 11.5. The predicted octanol–water partition coefficient (Wildman–Crippen LogP) is 2.69. The third-order valence-corrected chi connectivity index (χ3v) is 2.75. The highest BCUT2D eigenvalue weighted by atomic mass is 16.5. The number of nitrogens with zero attached hydrogens (tertiary/aromatic N) is 1. The quantitative estimate of drug-likeness (QED) is 0.805. The van der Waals surface area contributed by atoms with Crippen LogP contribution in [0.2, 0.25) is 0 Å². The van der Waals surface area contributed by atoms with Crippen LogP contribution in [-0.4, -0.2) is 10.7 Å². The van der Waals surface area contributed by atoms with Crippen molar-refractivity contribution in [3.63, 3.8) is 0 Å². The van der Waals surface area contributed by atoms with Crippen molar-refractivity contribution in [3.8, 4) is 0 Å². The second-order valence-electron chi connectivity index (χ2n) is 4.34. The molecule has 1 aromatic carbocycles. The maximum Gasteiger partial charge on any atom is 0.0871 e. The van der Waals surface area contributed by atoms with E-state index in [1.54, 1.807) is 0 Å². The van der Waals surface area contributed by atoms with Gasteiger partial charge >= 0.3 is 0 Å². The minimum Gasteiger partial charge on any atom is -0.397 e. The van der Waals surface area contributed by atoms with E-state index in [2.05, 4.69) is 16.7 Å². The van der Waals surface area contributed by atoms with Gasteiger partial charge in [-0.3, -0.25) is 0 Å². The Bertz CT molecular complexity index is 500. The molecule has 0 fully saturated rings. The number of fused-ring (bicyclic) bond motifs is 1. The summed E-state index contributed by atoms with van der Waals surface area (Å²) < 4.78 is 7.72. The SMILES string of the molecule is CC(C)OCc1cc2cccc(N)c2n1C. The number of ether oxygens (including phenoxy) is 1. The number of hydrogen-bond acceptors (Lipinski definition) is 2. The van der Waals surface area contributed by atoms with E-state index < -0.39 is 0 Å². The summed E-state index contributed by atoms with van der Waals surface area (Å²) in [5.74, 6) is 0. The number of benzene rings is 1. The Balaban J connectivity index is 2.40. The van der Waals surface area contributed by atoms with Crippen molar-refractivity contribution in [3.05, 3.63) is 30.0 Å². The monoisotopic (exact) mass is 218 g/mol. The first-order chi connectivity index (χ1) is 7.59. The Labute approximate surface area is 95.8 Å². The first kappa shape index (κ1) is 11.0. The first-order valence-corrected chi connectivity index (χ1v) is 5.54. The van der Waals surface area contributed by atoms with Crippen molar-refractivity contribution < 1.29 is 4.74 Å². The van der Waals surface area contributed by atoms with Gasteiger partial charge in [0.15, 0.2) is 0 Å². The molecule has 0 spiro atoms. The molecule has 1 aromatic heterocycles. The summed E-state index contributed by atoms with van der Waals surface area (Å²) in [4.78, 5) is 0. The molecule has 2 rings (SSSR count). The van der Waals surface area contributed by atoms with Crippen LogP contribution in [0.5, 0.6) is 0 Å². The van der Waals surface area contributed by atoms with Gasteiger partial charge in [-0.25, -0.2) is 0 Å². The fraction of sp³-hybridized carbons (Fsp3) is 0.385. The molecule has 86 valence electrons. The Morgan fingerprint density at radius 3 is 2.75 bits per heavy atom. The van der Waals surface area contributed by atoms with Gasteiger partial charge in [-0.05, 0) is 26.0 Å². The van der Waals surface area contributed by atoms with E-state index in [9.17, 15) is 0 Å². The number of para-hydroxylation sites is 1. The molecule has 0 bridgehead atoms. The van der Waals surface area contributed by atoms with Gasteiger partial charge in [0, 0.05) is 18.1 Å². The lowest BCUT2D eigenvalue weighted by atomic mass is 10.2. The third kappa shape index (κ3) is 1.91. The zero-order valence-electron chi connectivity index (χ0n) is 10.0. The molecule has 0 saturated carbocycles. The number of hydrogen-bond donors (Lipinski definition) is 1. The molecule has 0 aliphatic carbocycles. The maximum absolute atomic E-state index is 5.96. The van der Waals surface area contributed by atoms with Gasteiger partial charge < -0.3 is 15.0 Å². The fourth-order valence-electron chi connectivity index (χ4n) is 1.89. The number of anilines is 1. The van der Waals surface area contributed by atoms with Gasteiger partial charge in [0.25, 0.3) is 0 Å². The molecular weight excluding hydrogens is 200 g/mol. The highest BCUT2D eigenvalue weighted by Crippen LogP contribution is 2.24. The molecule has 0 saturated heterocycles. The highest BCUT2D eigenvalue weighted by molar-refractivity contribution is 5.91. The minimum atomic E-state index is 0.246. The van der Waals surface area contributed by atoms with Gasteiger partial charge in [-0.1, -0.05) is 12.1 Å². The molecule has 0 aliphatic heterocycles. The van der Waals surface area contributed by atoms with Crippen LogP contribution in [0.4, 0.5) is 5.69 Å². The molecular formula is C13H18N2O. The summed E-state index contributed by atoms with van der Waals surface area (Å²) in [5, 5.41) is 1.17. The van der Waals surface area contributed by atoms with Gasteiger partial charge in [-0.15, -0.1) is 0 Å². The molecule has 16 heavy (non-hydrogen) atoms. The first-order valence-electron chi connectivity index (χ1n) is 5.54. The van der Waals surface area contributed by atoms with E-state index in [0.717, 1.165) is 16.9 Å². The second-order valence-corrected chi connectivity index (χ2v) is 4.34. The lowest BCUT2D eigenvalue weighted by Crippen LogP contribution is -2.05. The van der Waals surface area contributed by atoms with Crippen LogP contribution in [0.1, 0.15) is 19.5 Å². The average Bonchev–Trinajstić information content (AvgIpc) is 2.54. The van der Waals surface area contributed by atoms with E-state index in [1.165, 1.54) is 5.39 Å². The zero-order chi connectivity index (χ0) is 11.7. The van der Waals surface area contributed by atoms with Crippen molar-refractivity contribution >= 4 is 16.6 Å². The van der Waals surface area contributed by atoms with Crippen LogP contribution in [-0.2, 0) is 18.4 Å². The van der Waals surface area contributed by atoms with Gasteiger partial charge in [0.05, 0.1) is 23.9 Å². The number of rotatable bonds is 3. The lowest BCUT2D eigenvalue weighted by Gasteiger charge is -2.09. The van der Waals surface area contributed by atoms with Crippen molar-refractivity contribution in [1.82, 2.24) is 4.57 Å². The molecule has 0 aliphatic rings. The highest BCUT2D eigenvalue weighted by Gasteiger charge is 2.08. The van der Waals surface area contributed by atoms with Crippen LogP contribution in [0.3, 0.4) is 0 Å². The molecule has 0 radical (unpaired) electrons. The van der Waals surface area contributed by atoms with Crippen LogP contribution >= 0.6 is 0 Å². The Hall–Kier alpha value is -1.48. The molecule has 3 heteroatoms. The van der Waals surface area contributed by atoms with Gasteiger partial charge in [0.2, 0.25) is 0 Å². The molecule has 0 unspecified atom stereocenters. The smallest absolute Gasteiger partial charge is 0.0871 e. The zero-order valence-corrected chi connectivity index (χ0v) is 10.0. The third-order valence-electron chi connectivity index (χ3n) is 2.75. The molecule has 2 N–H and O–H groups in total. The fourth-order valence-corrected chi connectivity index (χ4v) is 1.89. The van der Waals surface area contributed by atoms with Crippen LogP contribution in [0.25, 0.3) is 10.9 Å². The molecule has 3 nitrogen and oxygen atoms in total. The molecule has 0 amide bonds. The van der Waals surface area contributed by atoms with Crippen LogP contribution in [0.15, 0.2) is 24.3 Å². The van der Waals surface area contributed by atoms with E-state index in [1.807, 2.05) is 33.0 Å². The number of nitrogens with two attached hydrogens (primary N) is 1. The van der Waals surface area contributed by atoms with Crippen molar-refractivity contribution in [2.24, 2.45) is 7.05 Å². The molecule has 1 heterocycles. The van der Waals surface area contributed by atoms with Crippen molar-refractivity contribution in [2.75, 3.05) is 5.73 Å². The van der Waals surface area contributed by atoms with Crippen LogP contribution in [0, 0.1) is 0 Å². The number of aromatic nitrogens is 1. The summed E-state index contributed by atoms with van der Waals surface area (Å²) in [5.41, 5.74) is 9.02. The molecule has 0 atom stereocenters. The lowest BCUT2D eigenvalue weighted by molar-refractivity contribution is 0.0624. The average molecular weight is 218 g/mol. The summed E-state index contributed by atoms with van der Waals surface area (Å²) in [6.45, 7) is 4.70. The minimum absolute atomic E-state index is 0.246. The summed E-state index contributed by atoms with van der Waals surface area (Å²) in [7, 11) is 2.03. The largest absolute Gasteiger partial charge is 0.397 e. The summed E-state index contributed by atoms with van der Waals surface area (Å²) in [6, 6.07) is 8.11. The summed E-state index contributed by atoms with van der Waals surface area (Å²) in [6.07, 6.45) is 0.246.